The van der Waals surface area contributed by atoms with Gasteiger partial charge in [-0.3, -0.25) is 9.59 Å². The smallest absolute Gasteiger partial charge is 0.391 e. The highest BCUT2D eigenvalue weighted by Gasteiger charge is 2.41. The average molecular weight is 323 g/mol. The maximum atomic E-state index is 12.5. The second kappa shape index (κ2) is 9.00. The molecule has 4 nitrogen and oxygen atoms in total. The molecule has 0 heterocycles. The molecule has 0 spiro atoms. The van der Waals surface area contributed by atoms with Crippen LogP contribution in [0, 0.1) is 11.8 Å². The van der Waals surface area contributed by atoms with Crippen LogP contribution in [-0.4, -0.2) is 29.7 Å². The van der Waals surface area contributed by atoms with Crippen LogP contribution < -0.4 is 5.32 Å². The summed E-state index contributed by atoms with van der Waals surface area (Å²) in [4.78, 5) is 22.0. The van der Waals surface area contributed by atoms with E-state index in [4.69, 9.17) is 5.11 Å². The summed E-state index contributed by atoms with van der Waals surface area (Å²) >= 11 is 0. The molecule has 0 bridgehead atoms. The molecule has 0 aliphatic heterocycles. The van der Waals surface area contributed by atoms with E-state index in [2.05, 4.69) is 5.32 Å². The Labute approximate surface area is 128 Å². The Kier molecular flexibility index (Phi) is 7.68. The summed E-state index contributed by atoms with van der Waals surface area (Å²) < 4.78 is 37.6. The molecule has 0 aromatic carbocycles. The largest absolute Gasteiger partial charge is 0.481 e. The molecule has 0 atom stereocenters. The van der Waals surface area contributed by atoms with Gasteiger partial charge in [0.1, 0.15) is 0 Å². The Morgan fingerprint density at radius 2 is 1.68 bits per heavy atom. The molecule has 1 aliphatic rings. The third-order valence-corrected chi connectivity index (χ3v) is 4.17. The van der Waals surface area contributed by atoms with Gasteiger partial charge >= 0.3 is 12.1 Å². The molecule has 1 aliphatic carbocycles. The van der Waals surface area contributed by atoms with E-state index < -0.39 is 18.1 Å². The van der Waals surface area contributed by atoms with E-state index in [0.29, 0.717) is 32.2 Å². The van der Waals surface area contributed by atoms with E-state index in [-0.39, 0.29) is 31.1 Å². The molecule has 0 aromatic heterocycles. The van der Waals surface area contributed by atoms with Crippen molar-refractivity contribution >= 4 is 11.9 Å². The van der Waals surface area contributed by atoms with Crippen molar-refractivity contribution in [2.45, 2.75) is 64.0 Å². The number of alkyl halides is 3. The van der Waals surface area contributed by atoms with Crippen LogP contribution in [0.5, 0.6) is 0 Å². The van der Waals surface area contributed by atoms with Crippen LogP contribution in [0.15, 0.2) is 0 Å². The van der Waals surface area contributed by atoms with Crippen LogP contribution in [0.2, 0.25) is 0 Å². The van der Waals surface area contributed by atoms with Crippen molar-refractivity contribution in [1.82, 2.24) is 5.32 Å². The third kappa shape index (κ3) is 7.66. The van der Waals surface area contributed by atoms with E-state index in [0.717, 1.165) is 12.8 Å². The Hall–Kier alpha value is -1.27. The Balaban J connectivity index is 2.08. The lowest BCUT2D eigenvalue weighted by Gasteiger charge is -2.29. The standard InChI is InChI=1S/C15H24F3NO3/c16-15(17,18)12-7-5-11(6-8-12)10-13(20)19-9-3-1-2-4-14(21)22/h11-12H,1-10H2,(H,19,20)(H,21,22). The summed E-state index contributed by atoms with van der Waals surface area (Å²) in [7, 11) is 0. The molecular formula is C15H24F3NO3. The zero-order chi connectivity index (χ0) is 16.6. The van der Waals surface area contributed by atoms with Crippen LogP contribution >= 0.6 is 0 Å². The SMILES string of the molecule is O=C(O)CCCCCNC(=O)CC1CCC(C(F)(F)F)CC1. The number of carboxylic acids is 1. The number of carboxylic acid groups (broad SMARTS) is 1. The monoisotopic (exact) mass is 323 g/mol. The van der Waals surface area contributed by atoms with Gasteiger partial charge in [-0.25, -0.2) is 0 Å². The molecule has 0 unspecified atom stereocenters. The molecule has 2 N–H and O–H groups in total. The fourth-order valence-corrected chi connectivity index (χ4v) is 2.83. The molecule has 1 fully saturated rings. The number of rotatable bonds is 8. The van der Waals surface area contributed by atoms with Gasteiger partial charge in [0.15, 0.2) is 0 Å². The normalized spacial score (nSPS) is 22.3. The van der Waals surface area contributed by atoms with Gasteiger partial charge in [0.25, 0.3) is 0 Å². The summed E-state index contributed by atoms with van der Waals surface area (Å²) in [6, 6.07) is 0. The van der Waals surface area contributed by atoms with E-state index in [1.165, 1.54) is 0 Å². The Morgan fingerprint density at radius 3 is 2.23 bits per heavy atom. The van der Waals surface area contributed by atoms with Crippen molar-refractivity contribution in [1.29, 1.82) is 0 Å². The molecule has 22 heavy (non-hydrogen) atoms. The van der Waals surface area contributed by atoms with Gasteiger partial charge in [-0.05, 0) is 44.4 Å². The van der Waals surface area contributed by atoms with Gasteiger partial charge in [-0.1, -0.05) is 6.42 Å². The van der Waals surface area contributed by atoms with Crippen LogP contribution in [0.25, 0.3) is 0 Å². The number of halogens is 3. The van der Waals surface area contributed by atoms with E-state index in [1.54, 1.807) is 0 Å². The minimum atomic E-state index is -4.11. The van der Waals surface area contributed by atoms with Gasteiger partial charge in [0, 0.05) is 19.4 Å². The van der Waals surface area contributed by atoms with Crippen molar-refractivity contribution in [2.75, 3.05) is 6.54 Å². The summed E-state index contributed by atoms with van der Waals surface area (Å²) in [5, 5.41) is 11.2. The second-order valence-electron chi connectivity index (χ2n) is 6.02. The minimum absolute atomic E-state index is 0.0469. The second-order valence-corrected chi connectivity index (χ2v) is 6.02. The van der Waals surface area contributed by atoms with Gasteiger partial charge in [0.05, 0.1) is 5.92 Å². The highest BCUT2D eigenvalue weighted by Crippen LogP contribution is 2.40. The number of unbranched alkanes of at least 4 members (excludes halogenated alkanes) is 2. The van der Waals surface area contributed by atoms with Gasteiger partial charge in [-0.15, -0.1) is 0 Å². The van der Waals surface area contributed by atoms with Crippen molar-refractivity contribution < 1.29 is 27.9 Å². The zero-order valence-corrected chi connectivity index (χ0v) is 12.6. The summed E-state index contributed by atoms with van der Waals surface area (Å²) in [5.74, 6) is -2.10. The minimum Gasteiger partial charge on any atom is -0.481 e. The lowest BCUT2D eigenvalue weighted by atomic mass is 9.80. The number of nitrogens with one attached hydrogen (secondary N) is 1. The number of carbonyl (C=O) groups is 2. The first-order valence-electron chi connectivity index (χ1n) is 7.84. The highest BCUT2D eigenvalue weighted by atomic mass is 19.4. The fourth-order valence-electron chi connectivity index (χ4n) is 2.83. The molecule has 0 aromatic rings. The van der Waals surface area contributed by atoms with Crippen molar-refractivity contribution in [3.05, 3.63) is 0 Å². The van der Waals surface area contributed by atoms with Crippen LogP contribution in [-0.2, 0) is 9.59 Å². The molecule has 0 radical (unpaired) electrons. The summed E-state index contributed by atoms with van der Waals surface area (Å²) in [5.41, 5.74) is 0. The number of amides is 1. The van der Waals surface area contributed by atoms with E-state index in [1.807, 2.05) is 0 Å². The predicted octanol–water partition coefficient (Wildman–Crippen LogP) is 3.51. The van der Waals surface area contributed by atoms with Gasteiger partial charge < -0.3 is 10.4 Å². The first-order chi connectivity index (χ1) is 10.3. The van der Waals surface area contributed by atoms with Gasteiger partial charge in [0.2, 0.25) is 5.91 Å². The zero-order valence-electron chi connectivity index (χ0n) is 12.6. The number of aliphatic carboxylic acids is 1. The van der Waals surface area contributed by atoms with Crippen LogP contribution in [0.4, 0.5) is 13.2 Å². The summed E-state index contributed by atoms with van der Waals surface area (Å²) in [6.45, 7) is 0.496. The average Bonchev–Trinajstić information content (AvgIpc) is 2.42. The third-order valence-electron chi connectivity index (χ3n) is 4.17. The lowest BCUT2D eigenvalue weighted by molar-refractivity contribution is -0.184. The van der Waals surface area contributed by atoms with Gasteiger partial charge in [-0.2, -0.15) is 13.2 Å². The highest BCUT2D eigenvalue weighted by molar-refractivity contribution is 5.76. The van der Waals surface area contributed by atoms with Crippen molar-refractivity contribution in [3.63, 3.8) is 0 Å². The maximum Gasteiger partial charge on any atom is 0.391 e. The van der Waals surface area contributed by atoms with E-state index in [9.17, 15) is 22.8 Å². The molecule has 0 saturated heterocycles. The Bertz CT molecular complexity index is 364. The molecular weight excluding hydrogens is 299 g/mol. The van der Waals surface area contributed by atoms with E-state index >= 15 is 0 Å². The predicted molar refractivity (Wildman–Crippen MR) is 75.2 cm³/mol. The maximum absolute atomic E-state index is 12.5. The quantitative estimate of drug-likeness (QED) is 0.672. The first-order valence-corrected chi connectivity index (χ1v) is 7.84. The van der Waals surface area contributed by atoms with Crippen LogP contribution in [0.1, 0.15) is 57.8 Å². The molecule has 1 saturated carbocycles. The van der Waals surface area contributed by atoms with Crippen molar-refractivity contribution in [3.8, 4) is 0 Å². The Morgan fingerprint density at radius 1 is 1.05 bits per heavy atom. The van der Waals surface area contributed by atoms with Crippen molar-refractivity contribution in [2.24, 2.45) is 11.8 Å². The first kappa shape index (κ1) is 18.8. The molecule has 128 valence electrons. The molecule has 1 amide bonds. The number of hydrogen-bond donors (Lipinski definition) is 2. The fraction of sp³-hybridized carbons (Fsp3) is 0.867. The summed E-state index contributed by atoms with van der Waals surface area (Å²) in [6.07, 6.45) is -0.477. The number of hydrogen-bond acceptors (Lipinski definition) is 2. The topological polar surface area (TPSA) is 66.4 Å². The lowest BCUT2D eigenvalue weighted by Crippen LogP contribution is -2.31. The number of carbonyl (C=O) groups excluding carboxylic acids is 1. The van der Waals surface area contributed by atoms with Crippen LogP contribution in [0.3, 0.4) is 0 Å². The molecule has 1 rings (SSSR count). The molecule has 7 heteroatoms.